The lowest BCUT2D eigenvalue weighted by atomic mass is 10.1. The van der Waals surface area contributed by atoms with Crippen LogP contribution in [0.4, 0.5) is 5.13 Å². The minimum Gasteiger partial charge on any atom is -0.486 e. The molecule has 2 heterocycles. The third-order valence-corrected chi connectivity index (χ3v) is 4.36. The number of fused-ring (bicyclic) bond motifs is 1. The Labute approximate surface area is 143 Å². The van der Waals surface area contributed by atoms with Gasteiger partial charge in [-0.3, -0.25) is 4.79 Å². The second-order valence-corrected chi connectivity index (χ2v) is 6.10. The van der Waals surface area contributed by atoms with Crippen molar-refractivity contribution in [3.8, 4) is 22.8 Å². The average Bonchev–Trinajstić information content (AvgIpc) is 3.07. The molecule has 0 fully saturated rings. The lowest BCUT2D eigenvalue weighted by molar-refractivity contribution is -0.118. The molecule has 1 aromatic heterocycles. The summed E-state index contributed by atoms with van der Waals surface area (Å²) in [6, 6.07) is 5.68. The Bertz CT molecular complexity index is 715. The van der Waals surface area contributed by atoms with Crippen molar-refractivity contribution in [3.05, 3.63) is 23.6 Å². The van der Waals surface area contributed by atoms with Crippen LogP contribution in [0.5, 0.6) is 11.5 Å². The van der Waals surface area contributed by atoms with E-state index < -0.39 is 0 Å². The van der Waals surface area contributed by atoms with Gasteiger partial charge in [-0.05, 0) is 18.2 Å². The fraction of sp³-hybridized carbons (Fsp3) is 0.375. The summed E-state index contributed by atoms with van der Waals surface area (Å²) in [6.07, 6.45) is -0.0893. The summed E-state index contributed by atoms with van der Waals surface area (Å²) < 4.78 is 16.2. The fourth-order valence-corrected chi connectivity index (χ4v) is 3.04. The van der Waals surface area contributed by atoms with E-state index in [0.717, 1.165) is 17.0 Å². The number of rotatable bonds is 6. The third kappa shape index (κ3) is 3.84. The molecular weight excluding hydrogens is 330 g/mol. The first-order valence-electron chi connectivity index (χ1n) is 7.58. The Balaban J connectivity index is 1.68. The maximum Gasteiger partial charge on any atom is 0.228 e. The Hall–Kier alpha value is -2.16. The average molecular weight is 349 g/mol. The van der Waals surface area contributed by atoms with E-state index in [4.69, 9.17) is 19.9 Å². The molecule has 8 heteroatoms. The van der Waals surface area contributed by atoms with E-state index in [1.807, 2.05) is 23.6 Å². The molecule has 0 radical (unpaired) electrons. The number of hydrogen-bond acceptors (Lipinski definition) is 7. The molecule has 0 aliphatic carbocycles. The zero-order valence-electron chi connectivity index (χ0n) is 13.3. The van der Waals surface area contributed by atoms with Crippen LogP contribution in [0, 0.1) is 0 Å². The predicted octanol–water partition coefficient (Wildman–Crippen LogP) is 1.88. The van der Waals surface area contributed by atoms with Gasteiger partial charge in [0.1, 0.15) is 13.2 Å². The Morgan fingerprint density at radius 2 is 2.21 bits per heavy atom. The number of nitrogens with zero attached hydrogens (tertiary/aromatic N) is 1. The van der Waals surface area contributed by atoms with Crippen molar-refractivity contribution in [2.75, 3.05) is 32.2 Å². The molecule has 128 valence electrons. The number of carbonyl (C=O) groups is 1. The summed E-state index contributed by atoms with van der Waals surface area (Å²) in [6.45, 7) is 1.39. The molecule has 1 aliphatic heterocycles. The summed E-state index contributed by atoms with van der Waals surface area (Å²) in [5, 5.41) is 5.20. The van der Waals surface area contributed by atoms with Crippen molar-refractivity contribution in [2.45, 2.75) is 12.5 Å². The Kier molecular flexibility index (Phi) is 5.29. The molecule has 1 atom stereocenters. The van der Waals surface area contributed by atoms with Crippen molar-refractivity contribution >= 4 is 22.4 Å². The van der Waals surface area contributed by atoms with Crippen molar-refractivity contribution < 1.29 is 19.0 Å². The largest absolute Gasteiger partial charge is 0.486 e. The number of methoxy groups -OCH3 is 1. The summed E-state index contributed by atoms with van der Waals surface area (Å²) in [4.78, 5) is 16.4. The second kappa shape index (κ2) is 7.61. The van der Waals surface area contributed by atoms with Crippen LogP contribution in [0.15, 0.2) is 23.6 Å². The van der Waals surface area contributed by atoms with Gasteiger partial charge in [-0.25, -0.2) is 4.98 Å². The van der Waals surface area contributed by atoms with Gasteiger partial charge in [-0.15, -0.1) is 11.3 Å². The lowest BCUT2D eigenvalue weighted by Crippen LogP contribution is -2.28. The van der Waals surface area contributed by atoms with Crippen LogP contribution in [0.3, 0.4) is 0 Å². The minimum absolute atomic E-state index is 0.171. The van der Waals surface area contributed by atoms with E-state index >= 15 is 0 Å². The molecule has 0 bridgehead atoms. The Morgan fingerprint density at radius 3 is 2.96 bits per heavy atom. The minimum atomic E-state index is -0.290. The number of anilines is 1. The number of aromatic nitrogens is 1. The van der Waals surface area contributed by atoms with Crippen LogP contribution in [-0.2, 0) is 9.53 Å². The molecule has 2 aromatic rings. The van der Waals surface area contributed by atoms with Gasteiger partial charge in [0, 0.05) is 24.6 Å². The number of nitrogens with two attached hydrogens (primary N) is 1. The van der Waals surface area contributed by atoms with Crippen LogP contribution in [0.25, 0.3) is 11.3 Å². The highest BCUT2D eigenvalue weighted by molar-refractivity contribution is 7.14. The van der Waals surface area contributed by atoms with Gasteiger partial charge >= 0.3 is 0 Å². The summed E-state index contributed by atoms with van der Waals surface area (Å²) in [5.74, 6) is 1.28. The van der Waals surface area contributed by atoms with Gasteiger partial charge < -0.3 is 25.3 Å². The molecule has 1 unspecified atom stereocenters. The highest BCUT2D eigenvalue weighted by Gasteiger charge is 2.16. The maximum absolute atomic E-state index is 12.0. The molecular formula is C16H19N3O4S. The molecule has 7 nitrogen and oxygen atoms in total. The first kappa shape index (κ1) is 16.7. The van der Waals surface area contributed by atoms with E-state index in [-0.39, 0.29) is 18.4 Å². The number of ether oxygens (including phenoxy) is 3. The van der Waals surface area contributed by atoms with Gasteiger partial charge in [-0.1, -0.05) is 0 Å². The summed E-state index contributed by atoms with van der Waals surface area (Å²) in [5.41, 5.74) is 7.20. The second-order valence-electron chi connectivity index (χ2n) is 5.24. The molecule has 0 saturated heterocycles. The number of benzene rings is 1. The van der Waals surface area contributed by atoms with E-state index in [9.17, 15) is 4.79 Å². The molecule has 0 saturated carbocycles. The van der Waals surface area contributed by atoms with Crippen LogP contribution in [0.1, 0.15) is 6.42 Å². The number of hydrogen-bond donors (Lipinski definition) is 2. The van der Waals surface area contributed by atoms with E-state index in [0.29, 0.717) is 30.6 Å². The number of carbonyl (C=O) groups excluding carboxylic acids is 1. The molecule has 0 spiro atoms. The van der Waals surface area contributed by atoms with Crippen molar-refractivity contribution in [3.63, 3.8) is 0 Å². The molecule has 1 aromatic carbocycles. The van der Waals surface area contributed by atoms with Gasteiger partial charge in [0.15, 0.2) is 16.6 Å². The number of thiazole rings is 1. The molecule has 1 aliphatic rings. The molecule has 24 heavy (non-hydrogen) atoms. The highest BCUT2D eigenvalue weighted by Crippen LogP contribution is 2.35. The van der Waals surface area contributed by atoms with Gasteiger partial charge in [0.05, 0.1) is 18.2 Å². The van der Waals surface area contributed by atoms with Crippen LogP contribution in [-0.4, -0.2) is 43.9 Å². The summed E-state index contributed by atoms with van der Waals surface area (Å²) in [7, 11) is 1.54. The predicted molar refractivity (Wildman–Crippen MR) is 91.6 cm³/mol. The zero-order chi connectivity index (χ0) is 16.9. The van der Waals surface area contributed by atoms with Crippen LogP contribution in [0.2, 0.25) is 0 Å². The first-order chi connectivity index (χ1) is 11.7. The van der Waals surface area contributed by atoms with E-state index in [1.54, 1.807) is 0 Å². The van der Waals surface area contributed by atoms with Crippen LogP contribution < -0.4 is 20.5 Å². The topological polar surface area (TPSA) is 95.7 Å². The maximum atomic E-state index is 12.0. The normalized spacial score (nSPS) is 14.2. The molecule has 1 amide bonds. The SMILES string of the molecule is COC(CN)CC(=O)Nc1nc(-c2ccc3c(c2)OCCO3)cs1. The zero-order valence-corrected chi connectivity index (χ0v) is 14.1. The van der Waals surface area contributed by atoms with Gasteiger partial charge in [-0.2, -0.15) is 0 Å². The molecule has 3 N–H and O–H groups in total. The van der Waals surface area contributed by atoms with Gasteiger partial charge in [0.2, 0.25) is 5.91 Å². The van der Waals surface area contributed by atoms with Crippen molar-refractivity contribution in [2.24, 2.45) is 5.73 Å². The van der Waals surface area contributed by atoms with E-state index in [1.165, 1.54) is 18.4 Å². The summed E-state index contributed by atoms with van der Waals surface area (Å²) >= 11 is 1.37. The van der Waals surface area contributed by atoms with E-state index in [2.05, 4.69) is 10.3 Å². The smallest absolute Gasteiger partial charge is 0.228 e. The molecule has 3 rings (SSSR count). The van der Waals surface area contributed by atoms with Crippen LogP contribution >= 0.6 is 11.3 Å². The Morgan fingerprint density at radius 1 is 1.42 bits per heavy atom. The standard InChI is InChI=1S/C16H19N3O4S/c1-21-11(8-17)7-15(20)19-16-18-12(9-24-16)10-2-3-13-14(6-10)23-5-4-22-13/h2-3,6,9,11H,4-5,7-8,17H2,1H3,(H,18,19,20). The highest BCUT2D eigenvalue weighted by atomic mass is 32.1. The quantitative estimate of drug-likeness (QED) is 0.827. The van der Waals surface area contributed by atoms with Gasteiger partial charge in [0.25, 0.3) is 0 Å². The third-order valence-electron chi connectivity index (χ3n) is 3.60. The van der Waals surface area contributed by atoms with Crippen molar-refractivity contribution in [1.29, 1.82) is 0 Å². The fourth-order valence-electron chi connectivity index (χ4n) is 2.31. The van der Waals surface area contributed by atoms with Crippen molar-refractivity contribution in [1.82, 2.24) is 4.98 Å². The number of amides is 1. The first-order valence-corrected chi connectivity index (χ1v) is 8.46. The lowest BCUT2D eigenvalue weighted by Gasteiger charge is -2.18. The number of nitrogens with one attached hydrogen (secondary N) is 1. The monoisotopic (exact) mass is 349 g/mol.